The first-order chi connectivity index (χ1) is 6.31. The zero-order valence-electron chi connectivity index (χ0n) is 7.39. The molecule has 0 spiro atoms. The van der Waals surface area contributed by atoms with E-state index in [1.807, 2.05) is 0 Å². The summed E-state index contributed by atoms with van der Waals surface area (Å²) in [5, 5.41) is 3.12. The second kappa shape index (κ2) is 3.18. The molecule has 5 heteroatoms. The van der Waals surface area contributed by atoms with Gasteiger partial charge in [-0.15, -0.1) is 0 Å². The van der Waals surface area contributed by atoms with Crippen LogP contribution in [-0.4, -0.2) is 22.5 Å². The van der Waals surface area contributed by atoms with Crippen LogP contribution in [0.5, 0.6) is 0 Å². The quantitative estimate of drug-likeness (QED) is 0.639. The standard InChI is InChI=1S/C8H11N3O2/c1-2-13-8(12)7-10-5-3-9-4-6(5)11-7/h9H,2-4H2,1H3,(H,10,11). The van der Waals surface area contributed by atoms with Gasteiger partial charge in [0.25, 0.3) is 0 Å². The summed E-state index contributed by atoms with van der Waals surface area (Å²) in [5.74, 6) is -0.0646. The third-order valence-corrected chi connectivity index (χ3v) is 1.93. The molecule has 0 aromatic carbocycles. The van der Waals surface area contributed by atoms with Crippen LogP contribution < -0.4 is 5.32 Å². The van der Waals surface area contributed by atoms with E-state index in [1.54, 1.807) is 6.92 Å². The summed E-state index contributed by atoms with van der Waals surface area (Å²) in [6.07, 6.45) is 0. The highest BCUT2D eigenvalue weighted by molar-refractivity contribution is 5.85. The molecule has 0 radical (unpaired) electrons. The molecule has 0 atom stereocenters. The number of nitrogens with one attached hydrogen (secondary N) is 2. The largest absolute Gasteiger partial charge is 0.460 e. The van der Waals surface area contributed by atoms with Crippen molar-refractivity contribution in [2.75, 3.05) is 6.61 Å². The Bertz CT molecular complexity index is 311. The number of aromatic amines is 1. The Morgan fingerprint density at radius 3 is 3.15 bits per heavy atom. The Kier molecular flexibility index (Phi) is 2.02. The van der Waals surface area contributed by atoms with E-state index in [4.69, 9.17) is 4.74 Å². The molecule has 5 nitrogen and oxygen atoms in total. The molecular weight excluding hydrogens is 170 g/mol. The van der Waals surface area contributed by atoms with E-state index in [9.17, 15) is 4.79 Å². The summed E-state index contributed by atoms with van der Waals surface area (Å²) in [5.41, 5.74) is 1.91. The molecular formula is C8H11N3O2. The first kappa shape index (κ1) is 8.25. The molecule has 0 aliphatic carbocycles. The summed E-state index contributed by atoms with van der Waals surface area (Å²) < 4.78 is 4.81. The lowest BCUT2D eigenvalue weighted by atomic mass is 10.4. The zero-order chi connectivity index (χ0) is 9.26. The van der Waals surface area contributed by atoms with Gasteiger partial charge >= 0.3 is 5.97 Å². The number of nitrogens with zero attached hydrogens (tertiary/aromatic N) is 1. The minimum absolute atomic E-state index is 0.313. The van der Waals surface area contributed by atoms with Gasteiger partial charge in [-0.25, -0.2) is 9.78 Å². The van der Waals surface area contributed by atoms with Crippen molar-refractivity contribution in [3.63, 3.8) is 0 Å². The van der Waals surface area contributed by atoms with E-state index in [-0.39, 0.29) is 5.97 Å². The molecule has 1 aromatic heterocycles. The van der Waals surface area contributed by atoms with Crippen molar-refractivity contribution in [2.45, 2.75) is 20.0 Å². The fourth-order valence-electron chi connectivity index (χ4n) is 1.34. The number of imidazole rings is 1. The average Bonchev–Trinajstić information content (AvgIpc) is 2.61. The van der Waals surface area contributed by atoms with Gasteiger partial charge in [0.15, 0.2) is 0 Å². The van der Waals surface area contributed by atoms with Gasteiger partial charge in [0.2, 0.25) is 5.82 Å². The molecule has 0 saturated heterocycles. The highest BCUT2D eigenvalue weighted by Gasteiger charge is 2.19. The highest BCUT2D eigenvalue weighted by Crippen LogP contribution is 2.12. The van der Waals surface area contributed by atoms with Gasteiger partial charge in [-0.05, 0) is 6.92 Å². The van der Waals surface area contributed by atoms with Gasteiger partial charge in [0, 0.05) is 13.1 Å². The lowest BCUT2D eigenvalue weighted by Gasteiger charge is -1.97. The number of hydrogen-bond acceptors (Lipinski definition) is 4. The molecule has 0 saturated carbocycles. The average molecular weight is 181 g/mol. The number of carbonyl (C=O) groups is 1. The van der Waals surface area contributed by atoms with E-state index in [0.717, 1.165) is 24.5 Å². The van der Waals surface area contributed by atoms with Gasteiger partial charge in [0.05, 0.1) is 18.0 Å². The molecule has 2 N–H and O–H groups in total. The Morgan fingerprint density at radius 2 is 2.46 bits per heavy atom. The number of carbonyl (C=O) groups excluding carboxylic acids is 1. The van der Waals surface area contributed by atoms with Crippen molar-refractivity contribution in [1.29, 1.82) is 0 Å². The van der Waals surface area contributed by atoms with Crippen LogP contribution in [0.2, 0.25) is 0 Å². The lowest BCUT2D eigenvalue weighted by Crippen LogP contribution is -2.09. The van der Waals surface area contributed by atoms with E-state index < -0.39 is 0 Å². The smallest absolute Gasteiger partial charge is 0.374 e. The molecule has 1 aliphatic heterocycles. The molecule has 2 heterocycles. The summed E-state index contributed by atoms with van der Waals surface area (Å²) >= 11 is 0. The third kappa shape index (κ3) is 1.42. The highest BCUT2D eigenvalue weighted by atomic mass is 16.5. The first-order valence-electron chi connectivity index (χ1n) is 4.27. The van der Waals surface area contributed by atoms with Crippen LogP contribution in [0.25, 0.3) is 0 Å². The topological polar surface area (TPSA) is 67.0 Å². The molecule has 0 amide bonds. The number of rotatable bonds is 2. The summed E-state index contributed by atoms with van der Waals surface area (Å²) in [4.78, 5) is 18.3. The van der Waals surface area contributed by atoms with Crippen LogP contribution in [0.3, 0.4) is 0 Å². The SMILES string of the molecule is CCOC(=O)c1nc2c([nH]1)CNC2. The summed E-state index contributed by atoms with van der Waals surface area (Å²) in [6, 6.07) is 0. The van der Waals surface area contributed by atoms with Crippen molar-refractivity contribution in [3.05, 3.63) is 17.2 Å². The van der Waals surface area contributed by atoms with Crippen LogP contribution in [0.15, 0.2) is 0 Å². The van der Waals surface area contributed by atoms with Gasteiger partial charge in [-0.1, -0.05) is 0 Å². The van der Waals surface area contributed by atoms with Crippen molar-refractivity contribution >= 4 is 5.97 Å². The minimum Gasteiger partial charge on any atom is -0.460 e. The normalized spacial score (nSPS) is 14.2. The van der Waals surface area contributed by atoms with Crippen molar-refractivity contribution in [2.24, 2.45) is 0 Å². The molecule has 2 rings (SSSR count). The molecule has 1 aromatic rings. The van der Waals surface area contributed by atoms with Crippen molar-refractivity contribution in [1.82, 2.24) is 15.3 Å². The summed E-state index contributed by atoms with van der Waals surface area (Å²) in [7, 11) is 0. The molecule has 70 valence electrons. The van der Waals surface area contributed by atoms with Crippen molar-refractivity contribution in [3.8, 4) is 0 Å². The van der Waals surface area contributed by atoms with Crippen molar-refractivity contribution < 1.29 is 9.53 Å². The zero-order valence-corrected chi connectivity index (χ0v) is 7.39. The molecule has 0 bridgehead atoms. The van der Waals surface area contributed by atoms with Crippen LogP contribution in [-0.2, 0) is 17.8 Å². The Balaban J connectivity index is 2.18. The Hall–Kier alpha value is -1.36. The predicted molar refractivity (Wildman–Crippen MR) is 45.1 cm³/mol. The molecule has 1 aliphatic rings. The fourth-order valence-corrected chi connectivity index (χ4v) is 1.34. The van der Waals surface area contributed by atoms with Gasteiger partial charge in [-0.2, -0.15) is 0 Å². The molecule has 13 heavy (non-hydrogen) atoms. The number of H-pyrrole nitrogens is 1. The second-order valence-electron chi connectivity index (χ2n) is 2.83. The maximum atomic E-state index is 11.2. The maximum Gasteiger partial charge on any atom is 0.374 e. The summed E-state index contributed by atoms with van der Waals surface area (Å²) in [6.45, 7) is 3.63. The van der Waals surface area contributed by atoms with E-state index in [1.165, 1.54) is 0 Å². The second-order valence-corrected chi connectivity index (χ2v) is 2.83. The Labute approximate surface area is 75.5 Å². The third-order valence-electron chi connectivity index (χ3n) is 1.93. The first-order valence-corrected chi connectivity index (χ1v) is 4.27. The van der Waals surface area contributed by atoms with E-state index >= 15 is 0 Å². The molecule has 0 unspecified atom stereocenters. The van der Waals surface area contributed by atoms with E-state index in [2.05, 4.69) is 15.3 Å². The number of aromatic nitrogens is 2. The fraction of sp³-hybridized carbons (Fsp3) is 0.500. The number of ether oxygens (including phenoxy) is 1. The van der Waals surface area contributed by atoms with Crippen LogP contribution >= 0.6 is 0 Å². The number of fused-ring (bicyclic) bond motifs is 1. The van der Waals surface area contributed by atoms with Crippen LogP contribution in [0.4, 0.5) is 0 Å². The van der Waals surface area contributed by atoms with Crippen LogP contribution in [0.1, 0.15) is 28.9 Å². The van der Waals surface area contributed by atoms with Gasteiger partial charge in [0.1, 0.15) is 0 Å². The monoisotopic (exact) mass is 181 g/mol. The van der Waals surface area contributed by atoms with Gasteiger partial charge < -0.3 is 15.0 Å². The predicted octanol–water partition coefficient (Wildman–Crippen LogP) is 0.190. The van der Waals surface area contributed by atoms with E-state index in [0.29, 0.717) is 12.4 Å². The Morgan fingerprint density at radius 1 is 1.62 bits per heavy atom. The number of hydrogen-bond donors (Lipinski definition) is 2. The molecule has 0 fully saturated rings. The van der Waals surface area contributed by atoms with Crippen LogP contribution in [0, 0.1) is 0 Å². The minimum atomic E-state index is -0.378. The lowest BCUT2D eigenvalue weighted by molar-refractivity contribution is 0.0513. The van der Waals surface area contributed by atoms with Gasteiger partial charge in [-0.3, -0.25) is 0 Å². The maximum absolute atomic E-state index is 11.2. The number of esters is 1.